The highest BCUT2D eigenvalue weighted by atomic mass is 16.5. The Morgan fingerprint density at radius 1 is 1.30 bits per heavy atom. The van der Waals surface area contributed by atoms with Gasteiger partial charge in [-0.1, -0.05) is 12.1 Å². The minimum absolute atomic E-state index is 0.0900. The highest BCUT2D eigenvalue weighted by molar-refractivity contribution is 5.68. The Bertz CT molecular complexity index is 527. The Labute approximate surface area is 116 Å². The number of rotatable bonds is 3. The molecule has 20 heavy (non-hydrogen) atoms. The van der Waals surface area contributed by atoms with Crippen molar-refractivity contribution in [2.75, 3.05) is 6.61 Å². The molecule has 0 radical (unpaired) electrons. The lowest BCUT2D eigenvalue weighted by atomic mass is 9.77. The van der Waals surface area contributed by atoms with Crippen LogP contribution in [0, 0.1) is 11.8 Å². The zero-order chi connectivity index (χ0) is 14.3. The van der Waals surface area contributed by atoms with Crippen molar-refractivity contribution >= 4 is 5.97 Å². The third-order valence-electron chi connectivity index (χ3n) is 4.49. The molecule has 0 bridgehead atoms. The van der Waals surface area contributed by atoms with Crippen molar-refractivity contribution in [3.05, 3.63) is 29.3 Å². The first kappa shape index (κ1) is 13.4. The molecule has 0 amide bonds. The fourth-order valence-corrected chi connectivity index (χ4v) is 3.54. The quantitative estimate of drug-likeness (QED) is 0.754. The van der Waals surface area contributed by atoms with Crippen LogP contribution in [-0.2, 0) is 17.6 Å². The molecule has 4 atom stereocenters. The molecule has 1 aromatic rings. The highest BCUT2D eigenvalue weighted by Gasteiger charge is 2.44. The molecule has 1 aromatic carbocycles. The smallest absolute Gasteiger partial charge is 0.341 e. The van der Waals surface area contributed by atoms with E-state index in [9.17, 15) is 15.0 Å². The van der Waals surface area contributed by atoms with Crippen LogP contribution in [0.4, 0.5) is 0 Å². The maximum Gasteiger partial charge on any atom is 0.341 e. The van der Waals surface area contributed by atoms with Crippen LogP contribution in [-0.4, -0.2) is 40.1 Å². The molecule has 2 aliphatic carbocycles. The molecule has 5 heteroatoms. The van der Waals surface area contributed by atoms with Crippen LogP contribution >= 0.6 is 0 Å². The molecule has 2 aliphatic rings. The van der Waals surface area contributed by atoms with E-state index in [0.29, 0.717) is 18.6 Å². The fourth-order valence-electron chi connectivity index (χ4n) is 3.54. The number of carboxylic acids is 1. The normalized spacial score (nSPS) is 31.5. The van der Waals surface area contributed by atoms with E-state index in [0.717, 1.165) is 17.5 Å². The number of aliphatic hydroxyl groups excluding tert-OH is 2. The van der Waals surface area contributed by atoms with Crippen molar-refractivity contribution in [1.29, 1.82) is 0 Å². The number of ether oxygens (including phenoxy) is 1. The number of carboxylic acid groups (broad SMARTS) is 1. The standard InChI is InChI=1S/C15H18O5/c16-12-6-9-5-10-8(4-11(9)15(12)19)2-1-3-13(10)20-7-14(17)18/h1-3,9,11-12,15-16,19H,4-7H2,(H,17,18)/t9-,11-,12+,15+/m0/s1. The molecule has 1 fully saturated rings. The van der Waals surface area contributed by atoms with Gasteiger partial charge < -0.3 is 20.1 Å². The van der Waals surface area contributed by atoms with E-state index < -0.39 is 18.2 Å². The Balaban J connectivity index is 1.85. The van der Waals surface area contributed by atoms with Gasteiger partial charge in [0.25, 0.3) is 0 Å². The molecule has 0 spiro atoms. The molecule has 0 aromatic heterocycles. The number of benzene rings is 1. The van der Waals surface area contributed by atoms with Gasteiger partial charge in [-0.15, -0.1) is 0 Å². The lowest BCUT2D eigenvalue weighted by molar-refractivity contribution is -0.139. The summed E-state index contributed by atoms with van der Waals surface area (Å²) in [6.07, 6.45) is 0.727. The summed E-state index contributed by atoms with van der Waals surface area (Å²) in [5.74, 6) is -0.0588. The van der Waals surface area contributed by atoms with Gasteiger partial charge in [-0.2, -0.15) is 0 Å². The zero-order valence-corrected chi connectivity index (χ0v) is 11.0. The van der Waals surface area contributed by atoms with Crippen LogP contribution in [0.5, 0.6) is 5.75 Å². The van der Waals surface area contributed by atoms with E-state index in [4.69, 9.17) is 9.84 Å². The second-order valence-corrected chi connectivity index (χ2v) is 5.70. The van der Waals surface area contributed by atoms with Gasteiger partial charge in [0.2, 0.25) is 0 Å². The van der Waals surface area contributed by atoms with Crippen LogP contribution < -0.4 is 4.74 Å². The van der Waals surface area contributed by atoms with Gasteiger partial charge in [0.05, 0.1) is 12.2 Å². The van der Waals surface area contributed by atoms with Gasteiger partial charge in [-0.3, -0.25) is 0 Å². The van der Waals surface area contributed by atoms with Crippen LogP contribution in [0.2, 0.25) is 0 Å². The first-order valence-electron chi connectivity index (χ1n) is 6.87. The summed E-state index contributed by atoms with van der Waals surface area (Å²) in [6.45, 7) is -0.351. The van der Waals surface area contributed by atoms with Gasteiger partial charge in [-0.25, -0.2) is 4.79 Å². The number of aliphatic carboxylic acids is 1. The second kappa shape index (κ2) is 5.07. The SMILES string of the molecule is O=C(O)COc1cccc2c1C[C@H]1C[C@@H](O)[C@H](O)[C@H]1C2. The molecule has 108 valence electrons. The van der Waals surface area contributed by atoms with E-state index >= 15 is 0 Å². The zero-order valence-electron chi connectivity index (χ0n) is 11.0. The molecular weight excluding hydrogens is 260 g/mol. The van der Waals surface area contributed by atoms with Crippen LogP contribution in [0.25, 0.3) is 0 Å². The molecular formula is C15H18O5. The summed E-state index contributed by atoms with van der Waals surface area (Å²) in [6, 6.07) is 5.61. The minimum atomic E-state index is -0.997. The maximum atomic E-state index is 10.6. The predicted molar refractivity (Wildman–Crippen MR) is 70.6 cm³/mol. The number of carbonyl (C=O) groups is 1. The van der Waals surface area contributed by atoms with Gasteiger partial charge in [-0.05, 0) is 48.3 Å². The molecule has 5 nitrogen and oxygen atoms in total. The molecule has 0 heterocycles. The van der Waals surface area contributed by atoms with Gasteiger partial charge in [0.15, 0.2) is 6.61 Å². The summed E-state index contributed by atoms with van der Waals surface area (Å²) in [4.78, 5) is 10.6. The summed E-state index contributed by atoms with van der Waals surface area (Å²) >= 11 is 0. The molecule has 0 unspecified atom stereocenters. The molecule has 0 aliphatic heterocycles. The topological polar surface area (TPSA) is 87.0 Å². The van der Waals surface area contributed by atoms with Gasteiger partial charge in [0, 0.05) is 0 Å². The van der Waals surface area contributed by atoms with Crippen molar-refractivity contribution in [3.63, 3.8) is 0 Å². The molecule has 3 rings (SSSR count). The van der Waals surface area contributed by atoms with Gasteiger partial charge in [0.1, 0.15) is 5.75 Å². The molecule has 1 saturated carbocycles. The van der Waals surface area contributed by atoms with Gasteiger partial charge >= 0.3 is 5.97 Å². The first-order valence-corrected chi connectivity index (χ1v) is 6.87. The van der Waals surface area contributed by atoms with Crippen molar-refractivity contribution in [2.24, 2.45) is 11.8 Å². The van der Waals surface area contributed by atoms with E-state index in [-0.39, 0.29) is 18.4 Å². The van der Waals surface area contributed by atoms with Crippen LogP contribution in [0.3, 0.4) is 0 Å². The first-order chi connectivity index (χ1) is 9.56. The summed E-state index contributed by atoms with van der Waals surface area (Å²) < 4.78 is 5.34. The average molecular weight is 278 g/mol. The monoisotopic (exact) mass is 278 g/mol. The van der Waals surface area contributed by atoms with E-state index in [2.05, 4.69) is 0 Å². The number of hydrogen-bond acceptors (Lipinski definition) is 4. The van der Waals surface area contributed by atoms with Crippen molar-refractivity contribution in [1.82, 2.24) is 0 Å². The second-order valence-electron chi connectivity index (χ2n) is 5.70. The van der Waals surface area contributed by atoms with E-state index in [1.165, 1.54) is 0 Å². The summed E-state index contributed by atoms with van der Waals surface area (Å²) in [5.41, 5.74) is 2.11. The maximum absolute atomic E-state index is 10.6. The highest BCUT2D eigenvalue weighted by Crippen LogP contribution is 2.43. The lowest BCUT2D eigenvalue weighted by Gasteiger charge is -2.30. The lowest BCUT2D eigenvalue weighted by Crippen LogP contribution is -2.31. The van der Waals surface area contributed by atoms with Crippen molar-refractivity contribution < 1.29 is 24.9 Å². The number of hydrogen-bond donors (Lipinski definition) is 3. The van der Waals surface area contributed by atoms with E-state index in [1.54, 1.807) is 6.07 Å². The number of aliphatic hydroxyl groups is 2. The third kappa shape index (κ3) is 2.27. The third-order valence-corrected chi connectivity index (χ3v) is 4.49. The Hall–Kier alpha value is -1.59. The van der Waals surface area contributed by atoms with Crippen LogP contribution in [0.15, 0.2) is 18.2 Å². The predicted octanol–water partition coefficient (Wildman–Crippen LogP) is 0.607. The largest absolute Gasteiger partial charge is 0.482 e. The minimum Gasteiger partial charge on any atom is -0.482 e. The Morgan fingerprint density at radius 2 is 2.10 bits per heavy atom. The molecule has 0 saturated heterocycles. The number of fused-ring (bicyclic) bond motifs is 2. The Morgan fingerprint density at radius 3 is 2.85 bits per heavy atom. The van der Waals surface area contributed by atoms with Crippen LogP contribution in [0.1, 0.15) is 17.5 Å². The molecule has 3 N–H and O–H groups in total. The Kier molecular flexibility index (Phi) is 3.40. The van der Waals surface area contributed by atoms with Crippen molar-refractivity contribution in [3.8, 4) is 5.75 Å². The van der Waals surface area contributed by atoms with E-state index in [1.807, 2.05) is 12.1 Å². The summed E-state index contributed by atoms with van der Waals surface area (Å²) in [7, 11) is 0. The summed E-state index contributed by atoms with van der Waals surface area (Å²) in [5, 5.41) is 28.5. The fraction of sp³-hybridized carbons (Fsp3) is 0.533. The average Bonchev–Trinajstić information content (AvgIpc) is 2.69. The van der Waals surface area contributed by atoms with Crippen molar-refractivity contribution in [2.45, 2.75) is 31.5 Å².